The number of nitrogen functional groups attached to an aromatic ring is 1. The summed E-state index contributed by atoms with van der Waals surface area (Å²) in [6, 6.07) is 5.35. The maximum absolute atomic E-state index is 5.98. The number of fused-ring (bicyclic) bond motifs is 1. The fraction of sp³-hybridized carbons (Fsp3) is 0.100. The van der Waals surface area contributed by atoms with Crippen molar-refractivity contribution in [2.75, 3.05) is 12.8 Å². The lowest BCUT2D eigenvalue weighted by Crippen LogP contribution is -1.91. The monoisotopic (exact) mass is 208 g/mol. The Morgan fingerprint density at radius 2 is 2.21 bits per heavy atom. The number of anilines is 1. The predicted octanol–water partition coefficient (Wildman–Crippen LogP) is 2.48. The second-order valence-corrected chi connectivity index (χ2v) is 3.32. The SMILES string of the molecule is COc1ccc(Cl)c2ncc(N)cc12. The molecule has 0 spiro atoms. The highest BCUT2D eigenvalue weighted by Crippen LogP contribution is 2.30. The third-order valence-electron chi connectivity index (χ3n) is 2.00. The summed E-state index contributed by atoms with van der Waals surface area (Å²) in [7, 11) is 1.60. The second kappa shape index (κ2) is 3.35. The molecule has 2 N–H and O–H groups in total. The van der Waals surface area contributed by atoms with E-state index in [1.165, 1.54) is 0 Å². The quantitative estimate of drug-likeness (QED) is 0.783. The van der Waals surface area contributed by atoms with Crippen molar-refractivity contribution in [1.82, 2.24) is 4.98 Å². The minimum atomic E-state index is 0.595. The van der Waals surface area contributed by atoms with Gasteiger partial charge in [-0.15, -0.1) is 0 Å². The molecule has 14 heavy (non-hydrogen) atoms. The number of benzene rings is 1. The number of halogens is 1. The normalized spacial score (nSPS) is 10.4. The van der Waals surface area contributed by atoms with E-state index in [0.29, 0.717) is 16.2 Å². The molecule has 0 atom stereocenters. The highest BCUT2D eigenvalue weighted by molar-refractivity contribution is 6.35. The number of rotatable bonds is 1. The maximum Gasteiger partial charge on any atom is 0.128 e. The molecule has 4 heteroatoms. The van der Waals surface area contributed by atoms with Crippen molar-refractivity contribution < 1.29 is 4.74 Å². The van der Waals surface area contributed by atoms with E-state index in [2.05, 4.69) is 4.98 Å². The largest absolute Gasteiger partial charge is 0.496 e. The molecular weight excluding hydrogens is 200 g/mol. The zero-order chi connectivity index (χ0) is 10.1. The minimum absolute atomic E-state index is 0.595. The van der Waals surface area contributed by atoms with Gasteiger partial charge in [-0.3, -0.25) is 4.98 Å². The van der Waals surface area contributed by atoms with Gasteiger partial charge in [-0.25, -0.2) is 0 Å². The summed E-state index contributed by atoms with van der Waals surface area (Å²) in [6.45, 7) is 0. The Bertz CT molecular complexity index is 485. The molecule has 3 nitrogen and oxygen atoms in total. The van der Waals surface area contributed by atoms with E-state index in [-0.39, 0.29) is 0 Å². The number of nitrogens with zero attached hydrogens (tertiary/aromatic N) is 1. The van der Waals surface area contributed by atoms with Gasteiger partial charge in [-0.05, 0) is 18.2 Å². The number of nitrogens with two attached hydrogens (primary N) is 1. The van der Waals surface area contributed by atoms with Crippen LogP contribution in [0.15, 0.2) is 24.4 Å². The van der Waals surface area contributed by atoms with Crippen LogP contribution in [-0.2, 0) is 0 Å². The van der Waals surface area contributed by atoms with Crippen molar-refractivity contribution in [3.63, 3.8) is 0 Å². The topological polar surface area (TPSA) is 48.1 Å². The van der Waals surface area contributed by atoms with E-state index in [9.17, 15) is 0 Å². The van der Waals surface area contributed by atoms with Crippen molar-refractivity contribution in [2.45, 2.75) is 0 Å². The average molecular weight is 209 g/mol. The Morgan fingerprint density at radius 1 is 1.43 bits per heavy atom. The lowest BCUT2D eigenvalue weighted by molar-refractivity contribution is 0.420. The van der Waals surface area contributed by atoms with Crippen LogP contribution in [0.2, 0.25) is 5.02 Å². The molecule has 2 aromatic rings. The predicted molar refractivity (Wildman–Crippen MR) is 57.7 cm³/mol. The zero-order valence-corrected chi connectivity index (χ0v) is 8.38. The molecule has 0 saturated heterocycles. The van der Waals surface area contributed by atoms with Crippen molar-refractivity contribution in [2.24, 2.45) is 0 Å². The molecular formula is C10H9ClN2O. The smallest absolute Gasteiger partial charge is 0.128 e. The summed E-state index contributed by atoms with van der Waals surface area (Å²) in [4.78, 5) is 4.15. The summed E-state index contributed by atoms with van der Waals surface area (Å²) in [6.07, 6.45) is 1.58. The van der Waals surface area contributed by atoms with Gasteiger partial charge in [0.05, 0.1) is 29.5 Å². The van der Waals surface area contributed by atoms with E-state index >= 15 is 0 Å². The van der Waals surface area contributed by atoms with Gasteiger partial charge < -0.3 is 10.5 Å². The third kappa shape index (κ3) is 1.36. The summed E-state index contributed by atoms with van der Waals surface area (Å²) in [5, 5.41) is 1.43. The molecule has 1 aromatic carbocycles. The van der Waals surface area contributed by atoms with Crippen LogP contribution in [0.3, 0.4) is 0 Å². The number of pyridine rings is 1. The highest BCUT2D eigenvalue weighted by atomic mass is 35.5. The van der Waals surface area contributed by atoms with Crippen LogP contribution >= 0.6 is 11.6 Å². The maximum atomic E-state index is 5.98. The van der Waals surface area contributed by atoms with E-state index in [1.54, 1.807) is 31.5 Å². The van der Waals surface area contributed by atoms with Crippen molar-refractivity contribution in [3.05, 3.63) is 29.4 Å². The Hall–Kier alpha value is -1.48. The molecule has 2 rings (SSSR count). The van der Waals surface area contributed by atoms with E-state index in [1.807, 2.05) is 0 Å². The molecule has 0 unspecified atom stereocenters. The lowest BCUT2D eigenvalue weighted by Gasteiger charge is -2.06. The molecule has 1 aromatic heterocycles. The molecule has 0 aliphatic carbocycles. The second-order valence-electron chi connectivity index (χ2n) is 2.91. The number of ether oxygens (including phenoxy) is 1. The highest BCUT2D eigenvalue weighted by Gasteiger charge is 2.06. The first kappa shape index (κ1) is 9.09. The summed E-state index contributed by atoms with van der Waals surface area (Å²) < 4.78 is 5.18. The van der Waals surface area contributed by atoms with Gasteiger partial charge in [0, 0.05) is 5.39 Å². The van der Waals surface area contributed by atoms with Crippen LogP contribution in [-0.4, -0.2) is 12.1 Å². The molecule has 0 radical (unpaired) electrons. The van der Waals surface area contributed by atoms with Gasteiger partial charge in [0.2, 0.25) is 0 Å². The third-order valence-corrected chi connectivity index (χ3v) is 2.31. The lowest BCUT2D eigenvalue weighted by atomic mass is 10.2. The van der Waals surface area contributed by atoms with E-state index < -0.39 is 0 Å². The standard InChI is InChI=1S/C10H9ClN2O/c1-14-9-3-2-8(11)10-7(9)4-6(12)5-13-10/h2-5H,12H2,1H3. The molecule has 0 aliphatic rings. The van der Waals surface area contributed by atoms with Crippen LogP contribution in [0.4, 0.5) is 5.69 Å². The molecule has 0 saturated carbocycles. The number of aromatic nitrogens is 1. The fourth-order valence-corrected chi connectivity index (χ4v) is 1.57. The molecule has 0 aliphatic heterocycles. The van der Waals surface area contributed by atoms with Crippen LogP contribution in [0.1, 0.15) is 0 Å². The van der Waals surface area contributed by atoms with Gasteiger partial charge in [0.1, 0.15) is 5.75 Å². The summed E-state index contributed by atoms with van der Waals surface area (Å²) in [5.74, 6) is 0.726. The van der Waals surface area contributed by atoms with Gasteiger partial charge in [-0.1, -0.05) is 11.6 Å². The molecule has 72 valence electrons. The number of hydrogen-bond acceptors (Lipinski definition) is 3. The van der Waals surface area contributed by atoms with Gasteiger partial charge in [-0.2, -0.15) is 0 Å². The molecule has 0 bridgehead atoms. The first-order valence-electron chi connectivity index (χ1n) is 4.10. The van der Waals surface area contributed by atoms with Crippen molar-refractivity contribution in [1.29, 1.82) is 0 Å². The van der Waals surface area contributed by atoms with E-state index in [0.717, 1.165) is 11.1 Å². The van der Waals surface area contributed by atoms with Gasteiger partial charge in [0.25, 0.3) is 0 Å². The van der Waals surface area contributed by atoms with Crippen LogP contribution in [0.5, 0.6) is 5.75 Å². The van der Waals surface area contributed by atoms with Crippen LogP contribution in [0.25, 0.3) is 10.9 Å². The number of hydrogen-bond donors (Lipinski definition) is 1. The minimum Gasteiger partial charge on any atom is -0.496 e. The number of methoxy groups -OCH3 is 1. The Labute approximate surface area is 86.5 Å². The molecule has 0 fully saturated rings. The van der Waals surface area contributed by atoms with Gasteiger partial charge in [0.15, 0.2) is 0 Å². The zero-order valence-electron chi connectivity index (χ0n) is 7.62. The van der Waals surface area contributed by atoms with Crippen LogP contribution in [0, 0.1) is 0 Å². The first-order chi connectivity index (χ1) is 6.72. The first-order valence-corrected chi connectivity index (χ1v) is 4.48. The Balaban J connectivity index is 2.85. The molecule has 1 heterocycles. The van der Waals surface area contributed by atoms with Crippen molar-refractivity contribution in [3.8, 4) is 5.75 Å². The van der Waals surface area contributed by atoms with Gasteiger partial charge >= 0.3 is 0 Å². The Morgan fingerprint density at radius 3 is 2.93 bits per heavy atom. The summed E-state index contributed by atoms with van der Waals surface area (Å²) in [5.41, 5.74) is 6.94. The van der Waals surface area contributed by atoms with Crippen molar-refractivity contribution >= 4 is 28.2 Å². The fourth-order valence-electron chi connectivity index (χ4n) is 1.35. The molecule has 0 amide bonds. The van der Waals surface area contributed by atoms with E-state index in [4.69, 9.17) is 22.1 Å². The van der Waals surface area contributed by atoms with Crippen LogP contribution < -0.4 is 10.5 Å². The summed E-state index contributed by atoms with van der Waals surface area (Å²) >= 11 is 5.98. The Kier molecular flexibility index (Phi) is 2.17. The average Bonchev–Trinajstić information content (AvgIpc) is 2.18.